The van der Waals surface area contributed by atoms with Crippen molar-refractivity contribution in [1.29, 1.82) is 0 Å². The summed E-state index contributed by atoms with van der Waals surface area (Å²) in [6, 6.07) is 12.7. The summed E-state index contributed by atoms with van der Waals surface area (Å²) >= 11 is 0. The second-order valence-corrected chi connectivity index (χ2v) is 13.2. The molecule has 1 fully saturated rings. The van der Waals surface area contributed by atoms with Gasteiger partial charge >= 0.3 is 0 Å². The SMILES string of the molecule is C#CCOCCOCCCCCOCCC(=O)N1CCc2c(nc(C)n2C(C)CC2CCC(C)N2CCC(NC)c2ccccc2)C1. The normalized spacial score (nSPS) is 19.4. The Hall–Kier alpha value is -2.74. The molecule has 1 saturated heterocycles. The van der Waals surface area contributed by atoms with E-state index in [4.69, 9.17) is 25.6 Å². The Balaban J connectivity index is 1.17. The van der Waals surface area contributed by atoms with Crippen LogP contribution in [0.15, 0.2) is 30.3 Å². The van der Waals surface area contributed by atoms with Crippen LogP contribution in [-0.2, 0) is 32.0 Å². The molecular weight excluding hydrogens is 590 g/mol. The Labute approximate surface area is 283 Å². The van der Waals surface area contributed by atoms with Crippen LogP contribution in [0.4, 0.5) is 0 Å². The van der Waals surface area contributed by atoms with Gasteiger partial charge in [-0.05, 0) is 78.3 Å². The van der Waals surface area contributed by atoms with Crippen LogP contribution >= 0.6 is 0 Å². The number of carbonyl (C=O) groups excluding carboxylic acids is 1. The number of nitrogens with one attached hydrogen (secondary N) is 1. The fourth-order valence-corrected chi connectivity index (χ4v) is 7.42. The smallest absolute Gasteiger partial charge is 0.225 e. The van der Waals surface area contributed by atoms with E-state index in [1.807, 2.05) is 4.90 Å². The molecule has 9 heteroatoms. The van der Waals surface area contributed by atoms with E-state index in [1.165, 1.54) is 24.1 Å². The molecule has 1 N–H and O–H groups in total. The summed E-state index contributed by atoms with van der Waals surface area (Å²) in [6.45, 7) is 12.6. The molecule has 4 unspecified atom stereocenters. The topological polar surface area (TPSA) is 81.1 Å². The maximum absolute atomic E-state index is 13.0. The molecule has 0 bridgehead atoms. The minimum Gasteiger partial charge on any atom is -0.381 e. The number of aromatic nitrogens is 2. The summed E-state index contributed by atoms with van der Waals surface area (Å²) in [5.41, 5.74) is 3.74. The number of likely N-dealkylation sites (tertiary alicyclic amines) is 1. The Morgan fingerprint density at radius 3 is 2.55 bits per heavy atom. The number of aryl methyl sites for hydroxylation is 1. The number of hydrogen-bond donors (Lipinski definition) is 1. The molecule has 0 aliphatic carbocycles. The van der Waals surface area contributed by atoms with Gasteiger partial charge in [0.05, 0.1) is 38.5 Å². The molecule has 1 aromatic heterocycles. The van der Waals surface area contributed by atoms with Crippen LogP contribution in [0.2, 0.25) is 0 Å². The zero-order chi connectivity index (χ0) is 33.4. The number of carbonyl (C=O) groups is 1. The lowest BCUT2D eigenvalue weighted by Crippen LogP contribution is -2.39. The average Bonchev–Trinajstić information content (AvgIpc) is 3.60. The molecule has 4 rings (SSSR count). The Bertz CT molecular complexity index is 1240. The lowest BCUT2D eigenvalue weighted by atomic mass is 10.0. The van der Waals surface area contributed by atoms with E-state index in [-0.39, 0.29) is 5.91 Å². The highest BCUT2D eigenvalue weighted by molar-refractivity contribution is 5.76. The van der Waals surface area contributed by atoms with Crippen LogP contribution in [0.3, 0.4) is 0 Å². The Morgan fingerprint density at radius 2 is 1.81 bits per heavy atom. The average molecular weight is 650 g/mol. The monoisotopic (exact) mass is 649 g/mol. The molecular formula is C38H59N5O4. The van der Waals surface area contributed by atoms with Crippen LogP contribution < -0.4 is 5.32 Å². The second kappa shape index (κ2) is 19.9. The van der Waals surface area contributed by atoms with E-state index in [1.54, 1.807) is 0 Å². The molecule has 0 saturated carbocycles. The first-order chi connectivity index (χ1) is 22.9. The molecule has 4 atom stereocenters. The first kappa shape index (κ1) is 37.1. The van der Waals surface area contributed by atoms with E-state index < -0.39 is 0 Å². The Kier molecular flexibility index (Phi) is 15.7. The van der Waals surface area contributed by atoms with Crippen molar-refractivity contribution in [3.63, 3.8) is 0 Å². The van der Waals surface area contributed by atoms with Gasteiger partial charge in [0, 0.05) is 62.6 Å². The zero-order valence-electron chi connectivity index (χ0n) is 29.4. The number of terminal acetylenes is 1. The van der Waals surface area contributed by atoms with Crippen molar-refractivity contribution in [2.24, 2.45) is 0 Å². The van der Waals surface area contributed by atoms with Gasteiger partial charge in [-0.2, -0.15) is 0 Å². The summed E-state index contributed by atoms with van der Waals surface area (Å²) in [7, 11) is 2.07. The third kappa shape index (κ3) is 11.2. The van der Waals surface area contributed by atoms with Gasteiger partial charge in [-0.25, -0.2) is 4.98 Å². The van der Waals surface area contributed by atoms with E-state index in [2.05, 4.69) is 78.9 Å². The first-order valence-electron chi connectivity index (χ1n) is 17.9. The van der Waals surface area contributed by atoms with Gasteiger partial charge in [-0.15, -0.1) is 6.42 Å². The Morgan fingerprint density at radius 1 is 1.06 bits per heavy atom. The molecule has 1 amide bonds. The minimum atomic E-state index is 0.155. The van der Waals surface area contributed by atoms with Gasteiger partial charge in [-0.1, -0.05) is 36.3 Å². The van der Waals surface area contributed by atoms with Crippen molar-refractivity contribution in [2.45, 2.75) is 109 Å². The first-order valence-corrected chi connectivity index (χ1v) is 17.9. The quantitative estimate of drug-likeness (QED) is 0.142. The van der Waals surface area contributed by atoms with Gasteiger partial charge < -0.3 is 29.0 Å². The van der Waals surface area contributed by atoms with Crippen LogP contribution in [0.5, 0.6) is 0 Å². The summed E-state index contributed by atoms with van der Waals surface area (Å²) in [4.78, 5) is 22.7. The fourth-order valence-electron chi connectivity index (χ4n) is 7.42. The molecule has 1 aromatic carbocycles. The molecule has 0 radical (unpaired) electrons. The molecule has 9 nitrogen and oxygen atoms in total. The maximum atomic E-state index is 13.0. The van der Waals surface area contributed by atoms with Crippen LogP contribution in [0.1, 0.15) is 100 Å². The predicted molar refractivity (Wildman–Crippen MR) is 187 cm³/mol. The number of fused-ring (bicyclic) bond motifs is 1. The van der Waals surface area contributed by atoms with Crippen molar-refractivity contribution >= 4 is 5.91 Å². The maximum Gasteiger partial charge on any atom is 0.225 e. The second-order valence-electron chi connectivity index (χ2n) is 13.2. The highest BCUT2D eigenvalue weighted by atomic mass is 16.5. The summed E-state index contributed by atoms with van der Waals surface area (Å²) in [5.74, 6) is 3.66. The van der Waals surface area contributed by atoms with Gasteiger partial charge in [0.15, 0.2) is 0 Å². The third-order valence-corrected chi connectivity index (χ3v) is 9.91. The van der Waals surface area contributed by atoms with E-state index in [9.17, 15) is 4.79 Å². The van der Waals surface area contributed by atoms with Crippen molar-refractivity contribution < 1.29 is 19.0 Å². The molecule has 0 spiro atoms. The largest absolute Gasteiger partial charge is 0.381 e. The number of nitrogens with zero attached hydrogens (tertiary/aromatic N) is 4. The van der Waals surface area contributed by atoms with E-state index in [0.29, 0.717) is 76.8 Å². The summed E-state index contributed by atoms with van der Waals surface area (Å²) in [5, 5.41) is 3.54. The number of amides is 1. The van der Waals surface area contributed by atoms with Crippen molar-refractivity contribution in [3.05, 3.63) is 53.1 Å². The van der Waals surface area contributed by atoms with Crippen LogP contribution in [0, 0.1) is 19.3 Å². The van der Waals surface area contributed by atoms with Crippen molar-refractivity contribution in [1.82, 2.24) is 24.7 Å². The van der Waals surface area contributed by atoms with Gasteiger partial charge in [-0.3, -0.25) is 9.69 Å². The standard InChI is InChI=1S/C38H59N5O4/c1-6-22-45-26-27-47-24-12-8-11-23-46-25-19-38(44)41-20-18-37-36(29-41)40-32(4)43(37)31(3)28-34-16-15-30(2)42(34)21-17-35(39-5)33-13-9-7-10-14-33/h1,7,9-10,13-14,30-31,34-35,39H,8,11-12,15-29H2,2-5H3. The highest BCUT2D eigenvalue weighted by Crippen LogP contribution is 2.33. The molecule has 2 aliphatic rings. The predicted octanol–water partition coefficient (Wildman–Crippen LogP) is 5.47. The molecule has 3 heterocycles. The van der Waals surface area contributed by atoms with Gasteiger partial charge in [0.1, 0.15) is 12.4 Å². The minimum absolute atomic E-state index is 0.155. The number of unbranched alkanes of at least 4 members (excludes halogenated alkanes) is 2. The zero-order valence-corrected chi connectivity index (χ0v) is 29.4. The molecule has 47 heavy (non-hydrogen) atoms. The van der Waals surface area contributed by atoms with Gasteiger partial charge in [0.2, 0.25) is 5.91 Å². The number of hydrogen-bond acceptors (Lipinski definition) is 7. The van der Waals surface area contributed by atoms with Crippen LogP contribution in [-0.4, -0.2) is 97.1 Å². The third-order valence-electron chi connectivity index (χ3n) is 9.91. The van der Waals surface area contributed by atoms with E-state index >= 15 is 0 Å². The number of ether oxygens (including phenoxy) is 3. The lowest BCUT2D eigenvalue weighted by Gasteiger charge is -2.33. The summed E-state index contributed by atoms with van der Waals surface area (Å²) < 4.78 is 19.0. The number of benzene rings is 1. The van der Waals surface area contributed by atoms with Gasteiger partial charge in [0.25, 0.3) is 0 Å². The molecule has 260 valence electrons. The number of imidazole rings is 1. The van der Waals surface area contributed by atoms with Crippen LogP contribution in [0.25, 0.3) is 0 Å². The number of rotatable bonds is 21. The van der Waals surface area contributed by atoms with Crippen molar-refractivity contribution in [3.8, 4) is 12.3 Å². The molecule has 2 aromatic rings. The van der Waals surface area contributed by atoms with E-state index in [0.717, 1.165) is 63.1 Å². The van der Waals surface area contributed by atoms with Crippen molar-refractivity contribution in [2.75, 3.05) is 59.8 Å². The lowest BCUT2D eigenvalue weighted by molar-refractivity contribution is -0.133. The fraction of sp³-hybridized carbons (Fsp3) is 0.684. The highest BCUT2D eigenvalue weighted by Gasteiger charge is 2.34. The summed E-state index contributed by atoms with van der Waals surface area (Å²) in [6.07, 6.45) is 14.1. The molecule has 2 aliphatic heterocycles.